The van der Waals surface area contributed by atoms with Crippen LogP contribution in [0.2, 0.25) is 0 Å². The molecule has 4 heterocycles. The van der Waals surface area contributed by atoms with E-state index in [1.807, 2.05) is 12.1 Å². The Balaban J connectivity index is 1.34. The minimum absolute atomic E-state index is 0.0912. The van der Waals surface area contributed by atoms with Crippen LogP contribution < -0.4 is 45.1 Å². The van der Waals surface area contributed by atoms with Crippen molar-refractivity contribution < 1.29 is 18.9 Å². The van der Waals surface area contributed by atoms with Gasteiger partial charge in [-0.3, -0.25) is 0 Å². The Hall–Kier alpha value is -5.04. The number of aryl methyl sites for hydroxylation is 1. The molecule has 6 nitrogen and oxygen atoms in total. The Bertz CT molecular complexity index is 1740. The molecule has 0 spiro atoms. The molecule has 0 unspecified atom stereocenters. The highest BCUT2D eigenvalue weighted by Crippen LogP contribution is 2.47. The maximum atomic E-state index is 5.79. The van der Waals surface area contributed by atoms with E-state index in [4.69, 9.17) is 18.9 Å². The molecule has 0 bridgehead atoms. The second-order valence-electron chi connectivity index (χ2n) is 10.5. The number of nitrogens with zero attached hydrogens (tertiary/aromatic N) is 2. The van der Waals surface area contributed by atoms with E-state index in [0.717, 1.165) is 45.7 Å². The van der Waals surface area contributed by atoms with Crippen LogP contribution in [0.15, 0.2) is 97.1 Å². The maximum Gasteiger partial charge on any atom is 0.252 e. The fraction of sp³-hybridized carbons (Fsp3) is 0.0909. The molecule has 0 amide bonds. The number of anilines is 6. The van der Waals surface area contributed by atoms with Gasteiger partial charge in [0, 0.05) is 34.9 Å². The lowest BCUT2D eigenvalue weighted by molar-refractivity contribution is 0.173. The van der Waals surface area contributed by atoms with Gasteiger partial charge in [-0.1, -0.05) is 36.4 Å². The van der Waals surface area contributed by atoms with Crippen LogP contribution in [0.3, 0.4) is 0 Å². The van der Waals surface area contributed by atoms with Gasteiger partial charge in [0.25, 0.3) is 6.71 Å². The van der Waals surface area contributed by atoms with Crippen molar-refractivity contribution in [3.05, 3.63) is 103 Å². The largest absolute Gasteiger partial charge is 0.454 e. The van der Waals surface area contributed by atoms with Gasteiger partial charge in [0.2, 0.25) is 13.6 Å². The van der Waals surface area contributed by atoms with Crippen molar-refractivity contribution in [2.24, 2.45) is 0 Å². The Kier molecular flexibility index (Phi) is 4.36. The van der Waals surface area contributed by atoms with Crippen molar-refractivity contribution in [3.63, 3.8) is 0 Å². The molecule has 4 aliphatic rings. The molecule has 0 aromatic heterocycles. The van der Waals surface area contributed by atoms with Crippen molar-refractivity contribution in [1.82, 2.24) is 0 Å². The first-order valence-electron chi connectivity index (χ1n) is 13.5. The number of fused-ring (bicyclic) bond motifs is 6. The summed E-state index contributed by atoms with van der Waals surface area (Å²) in [5.41, 5.74) is 11.7. The van der Waals surface area contributed by atoms with Gasteiger partial charge in [-0.05, 0) is 77.4 Å². The third-order valence-corrected chi connectivity index (χ3v) is 8.26. The number of para-hydroxylation sites is 2. The zero-order valence-electron chi connectivity index (χ0n) is 21.8. The van der Waals surface area contributed by atoms with Crippen LogP contribution in [-0.2, 0) is 0 Å². The molecule has 9 rings (SSSR count). The second kappa shape index (κ2) is 7.99. The van der Waals surface area contributed by atoms with Crippen LogP contribution in [0, 0.1) is 6.92 Å². The minimum atomic E-state index is 0.0912. The second-order valence-corrected chi connectivity index (χ2v) is 10.5. The lowest BCUT2D eigenvalue weighted by Gasteiger charge is -2.44. The van der Waals surface area contributed by atoms with Crippen molar-refractivity contribution in [2.45, 2.75) is 6.92 Å². The van der Waals surface area contributed by atoms with E-state index in [0.29, 0.717) is 0 Å². The van der Waals surface area contributed by atoms with E-state index in [1.165, 1.54) is 33.3 Å². The molecule has 192 valence electrons. The van der Waals surface area contributed by atoms with E-state index in [2.05, 4.69) is 102 Å². The Morgan fingerprint density at radius 3 is 1.52 bits per heavy atom. The molecule has 0 fully saturated rings. The maximum absolute atomic E-state index is 5.79. The number of rotatable bonds is 2. The van der Waals surface area contributed by atoms with E-state index in [1.54, 1.807) is 0 Å². The quantitative estimate of drug-likeness (QED) is 0.278. The molecule has 0 radical (unpaired) electrons. The van der Waals surface area contributed by atoms with E-state index in [-0.39, 0.29) is 20.3 Å². The summed E-state index contributed by atoms with van der Waals surface area (Å²) < 4.78 is 22.8. The summed E-state index contributed by atoms with van der Waals surface area (Å²) in [5, 5.41) is 0. The number of hydrogen-bond donors (Lipinski definition) is 0. The Morgan fingerprint density at radius 1 is 0.525 bits per heavy atom. The topological polar surface area (TPSA) is 43.4 Å². The first-order chi connectivity index (χ1) is 19.7. The van der Waals surface area contributed by atoms with Crippen LogP contribution >= 0.6 is 0 Å². The fourth-order valence-corrected chi connectivity index (χ4v) is 6.64. The molecule has 4 aliphatic heterocycles. The molecule has 40 heavy (non-hydrogen) atoms. The summed E-state index contributed by atoms with van der Waals surface area (Å²) in [7, 11) is 0. The summed E-state index contributed by atoms with van der Waals surface area (Å²) in [6.45, 7) is 2.76. The van der Waals surface area contributed by atoms with Gasteiger partial charge in [-0.25, -0.2) is 0 Å². The Morgan fingerprint density at radius 2 is 1.00 bits per heavy atom. The summed E-state index contributed by atoms with van der Waals surface area (Å²) in [4.78, 5) is 4.73. The lowest BCUT2D eigenvalue weighted by Crippen LogP contribution is -2.61. The molecule has 5 aromatic carbocycles. The minimum Gasteiger partial charge on any atom is -0.454 e. The highest BCUT2D eigenvalue weighted by molar-refractivity contribution is 7.00. The molecule has 0 N–H and O–H groups in total. The van der Waals surface area contributed by atoms with Gasteiger partial charge in [0.05, 0.1) is 11.4 Å². The molecular weight excluding hydrogens is 499 g/mol. The van der Waals surface area contributed by atoms with Crippen molar-refractivity contribution in [2.75, 3.05) is 23.4 Å². The van der Waals surface area contributed by atoms with Gasteiger partial charge >= 0.3 is 0 Å². The molecule has 0 atom stereocenters. The zero-order valence-corrected chi connectivity index (χ0v) is 21.8. The Labute approximate surface area is 232 Å². The fourth-order valence-electron chi connectivity index (χ4n) is 6.64. The van der Waals surface area contributed by atoms with Gasteiger partial charge < -0.3 is 28.7 Å². The molecule has 0 saturated heterocycles. The van der Waals surface area contributed by atoms with Gasteiger partial charge in [-0.2, -0.15) is 0 Å². The lowest BCUT2D eigenvalue weighted by atomic mass is 9.33. The number of benzene rings is 5. The smallest absolute Gasteiger partial charge is 0.252 e. The molecule has 0 saturated carbocycles. The molecule has 5 aromatic rings. The van der Waals surface area contributed by atoms with Gasteiger partial charge in [0.15, 0.2) is 23.0 Å². The zero-order chi connectivity index (χ0) is 26.4. The molecule has 0 aliphatic carbocycles. The van der Waals surface area contributed by atoms with Crippen molar-refractivity contribution >= 4 is 57.2 Å². The molecule has 7 heteroatoms. The monoisotopic (exact) mass is 522 g/mol. The highest BCUT2D eigenvalue weighted by atomic mass is 16.7. The third-order valence-electron chi connectivity index (χ3n) is 8.26. The summed E-state index contributed by atoms with van der Waals surface area (Å²) in [5.74, 6) is 3.10. The first-order valence-corrected chi connectivity index (χ1v) is 13.5. The van der Waals surface area contributed by atoms with Gasteiger partial charge in [-0.15, -0.1) is 0 Å². The number of hydrogen-bond acceptors (Lipinski definition) is 6. The van der Waals surface area contributed by atoms with Gasteiger partial charge in [0.1, 0.15) is 0 Å². The SMILES string of the molecule is Cc1cc2c3c(c1)N(c1ccc4c(c1)OCO4)c1ccccc1B3c1ccccc1N2c1ccc2c(c1)OCO2. The predicted octanol–water partition coefficient (Wildman–Crippen LogP) is 5.54. The standard InChI is InChI=1S/C33H23BN2O4/c1-20-14-27-33-28(15-20)36(22-11-13-30-32(17-22)40-19-38-30)26-9-5-3-7-24(26)34(33)23-6-2-4-8-25(23)35(27)21-10-12-29-31(16-21)39-18-37-29/h2-17H,18-19H2,1H3. The molecular formula is C33H23BN2O4. The first kappa shape index (κ1) is 21.9. The number of ether oxygens (including phenoxy) is 4. The van der Waals surface area contributed by atoms with Crippen LogP contribution in [0.5, 0.6) is 23.0 Å². The average molecular weight is 522 g/mol. The van der Waals surface area contributed by atoms with E-state index < -0.39 is 0 Å². The van der Waals surface area contributed by atoms with Crippen LogP contribution in [0.25, 0.3) is 0 Å². The summed E-state index contributed by atoms with van der Waals surface area (Å²) in [6.07, 6.45) is 0. The van der Waals surface area contributed by atoms with Crippen LogP contribution in [0.1, 0.15) is 5.56 Å². The average Bonchev–Trinajstić information content (AvgIpc) is 3.65. The van der Waals surface area contributed by atoms with Crippen LogP contribution in [0.4, 0.5) is 34.1 Å². The van der Waals surface area contributed by atoms with Crippen molar-refractivity contribution in [3.8, 4) is 23.0 Å². The van der Waals surface area contributed by atoms with Crippen molar-refractivity contribution in [1.29, 1.82) is 0 Å². The summed E-state index contributed by atoms with van der Waals surface area (Å²) >= 11 is 0. The summed E-state index contributed by atoms with van der Waals surface area (Å²) in [6, 6.07) is 34.5. The highest BCUT2D eigenvalue weighted by Gasteiger charge is 2.43. The normalized spacial score (nSPS) is 15.1. The van der Waals surface area contributed by atoms with E-state index >= 15 is 0 Å². The van der Waals surface area contributed by atoms with Crippen LogP contribution in [-0.4, -0.2) is 20.3 Å². The predicted molar refractivity (Wildman–Crippen MR) is 157 cm³/mol. The third kappa shape index (κ3) is 2.94. The van der Waals surface area contributed by atoms with E-state index in [9.17, 15) is 0 Å².